The molecule has 0 aliphatic rings. The van der Waals surface area contributed by atoms with E-state index in [1.807, 2.05) is 34.7 Å². The summed E-state index contributed by atoms with van der Waals surface area (Å²) in [4.78, 5) is 2.31. The van der Waals surface area contributed by atoms with Crippen molar-refractivity contribution in [1.82, 2.24) is 10.0 Å². The Morgan fingerprint density at radius 3 is 2.20 bits per heavy atom. The lowest BCUT2D eigenvalue weighted by atomic mass is 9.91. The number of thiophene rings is 1. The van der Waals surface area contributed by atoms with Gasteiger partial charge in [0.15, 0.2) is 0 Å². The highest BCUT2D eigenvalue weighted by Gasteiger charge is 2.31. The molecule has 0 fully saturated rings. The number of nitrogens with one attached hydrogen (secondary N) is 2. The van der Waals surface area contributed by atoms with Crippen LogP contribution in [0.15, 0.2) is 11.0 Å². The second kappa shape index (κ2) is 7.02. The van der Waals surface area contributed by atoms with E-state index in [0.29, 0.717) is 11.4 Å². The third-order valence-corrected chi connectivity index (χ3v) is 6.83. The van der Waals surface area contributed by atoms with Crippen molar-refractivity contribution in [2.45, 2.75) is 63.9 Å². The Morgan fingerprint density at radius 2 is 1.75 bits per heavy atom. The Kier molecular flexibility index (Phi) is 6.19. The van der Waals surface area contributed by atoms with E-state index in [-0.39, 0.29) is 5.54 Å². The largest absolute Gasteiger partial charge is 0.315 e. The summed E-state index contributed by atoms with van der Waals surface area (Å²) < 4.78 is 28.2. The molecule has 1 heterocycles. The lowest BCUT2D eigenvalue weighted by Crippen LogP contribution is -2.47. The number of rotatable bonds is 8. The molecule has 0 radical (unpaired) electrons. The molecule has 0 bridgehead atoms. The average Bonchev–Trinajstić information content (AvgIpc) is 2.78. The fourth-order valence-corrected chi connectivity index (χ4v) is 5.62. The van der Waals surface area contributed by atoms with Crippen molar-refractivity contribution in [3.63, 3.8) is 0 Å². The van der Waals surface area contributed by atoms with E-state index in [1.54, 1.807) is 6.07 Å². The minimum Gasteiger partial charge on any atom is -0.315 e. The maximum absolute atomic E-state index is 12.6. The third-order valence-electron chi connectivity index (χ3n) is 3.94. The zero-order chi connectivity index (χ0) is 15.4. The topological polar surface area (TPSA) is 58.2 Å². The van der Waals surface area contributed by atoms with Crippen LogP contribution in [0.25, 0.3) is 0 Å². The van der Waals surface area contributed by atoms with Gasteiger partial charge in [-0.1, -0.05) is 20.8 Å². The summed E-state index contributed by atoms with van der Waals surface area (Å²) in [6, 6.07) is 1.78. The summed E-state index contributed by atoms with van der Waals surface area (Å²) in [5, 5.41) is 3.05. The fourth-order valence-electron chi connectivity index (χ4n) is 2.36. The van der Waals surface area contributed by atoms with Gasteiger partial charge in [0.25, 0.3) is 0 Å². The predicted molar refractivity (Wildman–Crippen MR) is 85.7 cm³/mol. The van der Waals surface area contributed by atoms with Crippen LogP contribution in [0.2, 0.25) is 0 Å². The Labute approximate surface area is 127 Å². The zero-order valence-electron chi connectivity index (χ0n) is 13.0. The van der Waals surface area contributed by atoms with Gasteiger partial charge in [-0.2, -0.15) is 0 Å². The normalized spacial score (nSPS) is 12.8. The molecule has 2 N–H and O–H groups in total. The highest BCUT2D eigenvalue weighted by atomic mass is 32.2. The summed E-state index contributed by atoms with van der Waals surface area (Å²) in [7, 11) is -1.59. The van der Waals surface area contributed by atoms with E-state index >= 15 is 0 Å². The molecule has 0 saturated heterocycles. The Morgan fingerprint density at radius 1 is 1.20 bits per heavy atom. The van der Waals surface area contributed by atoms with Crippen molar-refractivity contribution in [3.8, 4) is 0 Å². The van der Waals surface area contributed by atoms with E-state index in [2.05, 4.69) is 10.0 Å². The van der Waals surface area contributed by atoms with Crippen LogP contribution in [0.5, 0.6) is 0 Å². The molecule has 116 valence electrons. The van der Waals surface area contributed by atoms with Gasteiger partial charge in [-0.25, -0.2) is 13.1 Å². The molecule has 1 rings (SSSR count). The fraction of sp³-hybridized carbons (Fsp3) is 0.714. The van der Waals surface area contributed by atoms with Gasteiger partial charge in [0, 0.05) is 21.8 Å². The van der Waals surface area contributed by atoms with Crippen molar-refractivity contribution >= 4 is 21.4 Å². The molecule has 4 nitrogen and oxygen atoms in total. The van der Waals surface area contributed by atoms with Crippen molar-refractivity contribution < 1.29 is 8.42 Å². The van der Waals surface area contributed by atoms with Crippen LogP contribution in [0.4, 0.5) is 0 Å². The molecule has 0 aliphatic carbocycles. The summed E-state index contributed by atoms with van der Waals surface area (Å²) in [6.45, 7) is 8.65. The average molecular weight is 319 g/mol. The molecular weight excluding hydrogens is 292 g/mol. The van der Waals surface area contributed by atoms with Crippen molar-refractivity contribution in [1.29, 1.82) is 0 Å². The predicted octanol–water partition coefficient (Wildman–Crippen LogP) is 3.02. The number of hydrogen-bond donors (Lipinski definition) is 2. The van der Waals surface area contributed by atoms with Crippen LogP contribution in [0.3, 0.4) is 0 Å². The molecule has 0 aliphatic heterocycles. The monoisotopic (exact) mass is 318 g/mol. The van der Waals surface area contributed by atoms with Gasteiger partial charge in [0.2, 0.25) is 10.0 Å². The zero-order valence-corrected chi connectivity index (χ0v) is 14.7. The van der Waals surface area contributed by atoms with Gasteiger partial charge >= 0.3 is 0 Å². The first-order valence-electron chi connectivity index (χ1n) is 7.12. The summed E-state index contributed by atoms with van der Waals surface area (Å²) in [6.07, 6.45) is 2.39. The summed E-state index contributed by atoms with van der Waals surface area (Å²) in [5.74, 6) is 0. The standard InChI is InChI=1S/C14H26N2O2S2/c1-6-14(7-2,8-3)16-20(17,18)13-9-12(10-15-5)19-11(13)4/h9,15-16H,6-8,10H2,1-5H3. The van der Waals surface area contributed by atoms with Crippen molar-refractivity contribution in [3.05, 3.63) is 15.8 Å². The minimum atomic E-state index is -3.45. The Balaban J connectivity index is 3.10. The Hall–Kier alpha value is -0.430. The molecule has 20 heavy (non-hydrogen) atoms. The quantitative estimate of drug-likeness (QED) is 0.774. The van der Waals surface area contributed by atoms with E-state index in [4.69, 9.17) is 0 Å². The van der Waals surface area contributed by atoms with Gasteiger partial charge in [-0.3, -0.25) is 0 Å². The number of aryl methyl sites for hydroxylation is 1. The van der Waals surface area contributed by atoms with Crippen LogP contribution < -0.4 is 10.0 Å². The molecule has 0 unspecified atom stereocenters. The molecule has 6 heteroatoms. The second-order valence-electron chi connectivity index (χ2n) is 5.11. The highest BCUT2D eigenvalue weighted by Crippen LogP contribution is 2.28. The number of sulfonamides is 1. The molecular formula is C14H26N2O2S2. The maximum Gasteiger partial charge on any atom is 0.242 e. The van der Waals surface area contributed by atoms with E-state index in [0.717, 1.165) is 29.0 Å². The minimum absolute atomic E-state index is 0.337. The molecule has 1 aromatic heterocycles. The molecule has 0 aromatic carbocycles. The maximum atomic E-state index is 12.6. The van der Waals surface area contributed by atoms with Gasteiger partial charge in [-0.15, -0.1) is 11.3 Å². The Bertz CT molecular complexity index is 523. The van der Waals surface area contributed by atoms with Gasteiger partial charge in [0.1, 0.15) is 0 Å². The molecule has 1 aromatic rings. The lowest BCUT2D eigenvalue weighted by molar-refractivity contribution is 0.341. The number of hydrogen-bond acceptors (Lipinski definition) is 4. The van der Waals surface area contributed by atoms with Gasteiger partial charge in [0.05, 0.1) is 4.90 Å². The van der Waals surface area contributed by atoms with Crippen LogP contribution in [-0.4, -0.2) is 21.0 Å². The first kappa shape index (κ1) is 17.6. The summed E-state index contributed by atoms with van der Waals surface area (Å²) >= 11 is 1.53. The highest BCUT2D eigenvalue weighted by molar-refractivity contribution is 7.89. The van der Waals surface area contributed by atoms with E-state index in [1.165, 1.54) is 11.3 Å². The van der Waals surface area contributed by atoms with Crippen LogP contribution >= 0.6 is 11.3 Å². The van der Waals surface area contributed by atoms with E-state index in [9.17, 15) is 8.42 Å². The van der Waals surface area contributed by atoms with Gasteiger partial charge in [-0.05, 0) is 39.3 Å². The first-order chi connectivity index (χ1) is 9.34. The van der Waals surface area contributed by atoms with E-state index < -0.39 is 10.0 Å². The summed E-state index contributed by atoms with van der Waals surface area (Å²) in [5.41, 5.74) is -0.337. The SMILES string of the molecule is CCC(CC)(CC)NS(=O)(=O)c1cc(CNC)sc1C. The van der Waals surface area contributed by atoms with Crippen LogP contribution in [0.1, 0.15) is 49.8 Å². The van der Waals surface area contributed by atoms with Crippen LogP contribution in [-0.2, 0) is 16.6 Å². The van der Waals surface area contributed by atoms with Crippen molar-refractivity contribution in [2.75, 3.05) is 7.05 Å². The van der Waals surface area contributed by atoms with Crippen molar-refractivity contribution in [2.24, 2.45) is 0 Å². The molecule has 0 atom stereocenters. The van der Waals surface area contributed by atoms with Gasteiger partial charge < -0.3 is 5.32 Å². The first-order valence-corrected chi connectivity index (χ1v) is 9.42. The van der Waals surface area contributed by atoms with Crippen LogP contribution in [0, 0.1) is 6.92 Å². The third kappa shape index (κ3) is 3.81. The molecule has 0 amide bonds. The molecule has 0 spiro atoms. The smallest absolute Gasteiger partial charge is 0.242 e. The second-order valence-corrected chi connectivity index (χ2v) is 8.10. The molecule has 0 saturated carbocycles. The lowest BCUT2D eigenvalue weighted by Gasteiger charge is -2.31.